The standard InChI is InChI=1S/C23H22ClN3O3S/c1-15-10-17(16(2)27(15)8-9-29-3)11-18(12-25)23(28)30-13-19-14-31-22(26-19)20-6-4-5-7-21(20)24/h4-7,10-11,14H,8-9,13H2,1-3H3/b18-11+. The number of benzene rings is 1. The summed E-state index contributed by atoms with van der Waals surface area (Å²) in [6, 6.07) is 11.3. The fraction of sp³-hybridized carbons (Fsp3) is 0.261. The fourth-order valence-electron chi connectivity index (χ4n) is 3.14. The van der Waals surface area contributed by atoms with Crippen molar-refractivity contribution >= 4 is 35.0 Å². The van der Waals surface area contributed by atoms with E-state index in [-0.39, 0.29) is 12.2 Å². The Morgan fingerprint density at radius 3 is 2.84 bits per heavy atom. The van der Waals surface area contributed by atoms with Crippen LogP contribution in [0.2, 0.25) is 5.02 Å². The second-order valence-corrected chi connectivity index (χ2v) is 8.11. The van der Waals surface area contributed by atoms with Crippen molar-refractivity contribution in [2.75, 3.05) is 13.7 Å². The van der Waals surface area contributed by atoms with Crippen LogP contribution in [-0.4, -0.2) is 29.2 Å². The van der Waals surface area contributed by atoms with E-state index in [0.717, 1.165) is 27.5 Å². The van der Waals surface area contributed by atoms with Gasteiger partial charge in [-0.25, -0.2) is 9.78 Å². The van der Waals surface area contributed by atoms with Crippen LogP contribution in [0.25, 0.3) is 16.6 Å². The number of halogens is 1. The minimum atomic E-state index is -0.684. The smallest absolute Gasteiger partial charge is 0.349 e. The monoisotopic (exact) mass is 455 g/mol. The van der Waals surface area contributed by atoms with Crippen molar-refractivity contribution in [3.8, 4) is 16.6 Å². The number of thiazole rings is 1. The number of ether oxygens (including phenoxy) is 2. The van der Waals surface area contributed by atoms with Crippen molar-refractivity contribution in [1.29, 1.82) is 5.26 Å². The molecule has 3 aromatic rings. The van der Waals surface area contributed by atoms with Crippen molar-refractivity contribution in [3.63, 3.8) is 0 Å². The van der Waals surface area contributed by atoms with Gasteiger partial charge in [-0.3, -0.25) is 0 Å². The third kappa shape index (κ3) is 5.42. The van der Waals surface area contributed by atoms with Crippen LogP contribution in [0.5, 0.6) is 0 Å². The van der Waals surface area contributed by atoms with Crippen LogP contribution in [0.4, 0.5) is 0 Å². The molecule has 0 radical (unpaired) electrons. The van der Waals surface area contributed by atoms with Crippen molar-refractivity contribution in [1.82, 2.24) is 9.55 Å². The summed E-state index contributed by atoms with van der Waals surface area (Å²) in [5, 5.41) is 12.6. The molecule has 0 saturated carbocycles. The largest absolute Gasteiger partial charge is 0.455 e. The maximum absolute atomic E-state index is 12.5. The zero-order valence-corrected chi connectivity index (χ0v) is 19.1. The van der Waals surface area contributed by atoms with Gasteiger partial charge in [0, 0.05) is 36.0 Å². The third-order valence-corrected chi connectivity index (χ3v) is 6.03. The molecule has 0 bridgehead atoms. The Morgan fingerprint density at radius 1 is 1.35 bits per heavy atom. The minimum absolute atomic E-state index is 0.0222. The molecule has 0 aliphatic carbocycles. The van der Waals surface area contributed by atoms with Gasteiger partial charge in [0.05, 0.1) is 17.3 Å². The maximum atomic E-state index is 12.5. The quantitative estimate of drug-likeness (QED) is 0.266. The van der Waals surface area contributed by atoms with E-state index in [0.29, 0.717) is 23.9 Å². The molecule has 160 valence electrons. The number of rotatable bonds is 8. The second kappa shape index (κ2) is 10.4. The van der Waals surface area contributed by atoms with E-state index >= 15 is 0 Å². The van der Waals surface area contributed by atoms with Crippen LogP contribution in [0, 0.1) is 25.2 Å². The summed E-state index contributed by atoms with van der Waals surface area (Å²) >= 11 is 7.63. The first kappa shape index (κ1) is 22.8. The lowest BCUT2D eigenvalue weighted by Gasteiger charge is -2.08. The van der Waals surface area contributed by atoms with E-state index in [2.05, 4.69) is 9.55 Å². The topological polar surface area (TPSA) is 77.1 Å². The van der Waals surface area contributed by atoms with Crippen molar-refractivity contribution in [2.24, 2.45) is 0 Å². The Bertz CT molecular complexity index is 1160. The molecule has 3 rings (SSSR count). The number of aryl methyl sites for hydroxylation is 1. The van der Waals surface area contributed by atoms with Gasteiger partial charge >= 0.3 is 5.97 Å². The van der Waals surface area contributed by atoms with Crippen LogP contribution in [-0.2, 0) is 27.4 Å². The van der Waals surface area contributed by atoms with Gasteiger partial charge < -0.3 is 14.0 Å². The molecular weight excluding hydrogens is 434 g/mol. The summed E-state index contributed by atoms with van der Waals surface area (Å²) in [5.41, 5.74) is 4.15. The predicted molar refractivity (Wildman–Crippen MR) is 122 cm³/mol. The van der Waals surface area contributed by atoms with Crippen LogP contribution >= 0.6 is 22.9 Å². The first-order valence-electron chi connectivity index (χ1n) is 9.58. The van der Waals surface area contributed by atoms with Gasteiger partial charge in [-0.15, -0.1) is 11.3 Å². The molecule has 0 unspecified atom stereocenters. The highest BCUT2D eigenvalue weighted by molar-refractivity contribution is 7.13. The molecule has 31 heavy (non-hydrogen) atoms. The molecular formula is C23H22ClN3O3S. The number of methoxy groups -OCH3 is 1. The number of hydrogen-bond acceptors (Lipinski definition) is 6. The number of hydrogen-bond donors (Lipinski definition) is 0. The first-order chi connectivity index (χ1) is 14.9. The first-order valence-corrected chi connectivity index (χ1v) is 10.8. The number of nitriles is 1. The summed E-state index contributed by atoms with van der Waals surface area (Å²) in [6.07, 6.45) is 1.56. The Hall–Kier alpha value is -2.92. The van der Waals surface area contributed by atoms with Crippen molar-refractivity contribution in [2.45, 2.75) is 27.0 Å². The van der Waals surface area contributed by atoms with E-state index in [1.54, 1.807) is 19.3 Å². The van der Waals surface area contributed by atoms with Gasteiger partial charge in [0.1, 0.15) is 23.3 Å². The van der Waals surface area contributed by atoms with E-state index < -0.39 is 5.97 Å². The summed E-state index contributed by atoms with van der Waals surface area (Å²) in [5.74, 6) is -0.684. The summed E-state index contributed by atoms with van der Waals surface area (Å²) < 4.78 is 12.6. The normalized spacial score (nSPS) is 11.4. The number of carbonyl (C=O) groups excluding carboxylic acids is 1. The lowest BCUT2D eigenvalue weighted by molar-refractivity contribution is -0.139. The second-order valence-electron chi connectivity index (χ2n) is 6.84. The number of carbonyl (C=O) groups is 1. The van der Waals surface area contributed by atoms with E-state index in [1.807, 2.05) is 49.6 Å². The lowest BCUT2D eigenvalue weighted by atomic mass is 10.1. The zero-order chi connectivity index (χ0) is 22.4. The van der Waals surface area contributed by atoms with Gasteiger partial charge in [0.2, 0.25) is 0 Å². The molecule has 2 aromatic heterocycles. The van der Waals surface area contributed by atoms with Crippen molar-refractivity contribution < 1.29 is 14.3 Å². The molecule has 0 aliphatic heterocycles. The SMILES string of the molecule is COCCn1c(C)cc(/C=C(\C#N)C(=O)OCc2csc(-c3ccccc3Cl)n2)c1C. The molecule has 6 nitrogen and oxygen atoms in total. The Balaban J connectivity index is 1.70. The van der Waals surface area contributed by atoms with Crippen molar-refractivity contribution in [3.05, 3.63) is 69.0 Å². The summed E-state index contributed by atoms with van der Waals surface area (Å²) in [7, 11) is 1.65. The van der Waals surface area contributed by atoms with Crippen LogP contribution < -0.4 is 0 Å². The van der Waals surface area contributed by atoms with Gasteiger partial charge in [-0.05, 0) is 37.6 Å². The molecule has 0 saturated heterocycles. The molecule has 8 heteroatoms. The highest BCUT2D eigenvalue weighted by Gasteiger charge is 2.15. The Kier molecular flexibility index (Phi) is 7.64. The van der Waals surface area contributed by atoms with Gasteiger partial charge in [-0.2, -0.15) is 5.26 Å². The lowest BCUT2D eigenvalue weighted by Crippen LogP contribution is -2.08. The Labute approximate surface area is 190 Å². The van der Waals surface area contributed by atoms with E-state index in [9.17, 15) is 10.1 Å². The molecule has 2 heterocycles. The van der Waals surface area contributed by atoms with Crippen LogP contribution in [0.3, 0.4) is 0 Å². The summed E-state index contributed by atoms with van der Waals surface area (Å²) in [6.45, 7) is 5.18. The van der Waals surface area contributed by atoms with E-state index in [4.69, 9.17) is 21.1 Å². The molecule has 1 aromatic carbocycles. The molecule has 0 amide bonds. The molecule has 0 fully saturated rings. The fourth-order valence-corrected chi connectivity index (χ4v) is 4.27. The number of esters is 1. The molecule has 0 aliphatic rings. The van der Waals surface area contributed by atoms with E-state index in [1.165, 1.54) is 11.3 Å². The van der Waals surface area contributed by atoms with Crippen LogP contribution in [0.1, 0.15) is 22.6 Å². The molecule has 0 atom stereocenters. The third-order valence-electron chi connectivity index (χ3n) is 4.78. The van der Waals surface area contributed by atoms with Gasteiger partial charge in [-0.1, -0.05) is 29.8 Å². The highest BCUT2D eigenvalue weighted by Crippen LogP contribution is 2.30. The van der Waals surface area contributed by atoms with Crippen LogP contribution in [0.15, 0.2) is 41.3 Å². The van der Waals surface area contributed by atoms with Gasteiger partial charge in [0.15, 0.2) is 0 Å². The summed E-state index contributed by atoms with van der Waals surface area (Å²) in [4.78, 5) is 17.0. The molecule has 0 N–H and O–H groups in total. The average Bonchev–Trinajstić information content (AvgIpc) is 3.33. The highest BCUT2D eigenvalue weighted by atomic mass is 35.5. The average molecular weight is 456 g/mol. The maximum Gasteiger partial charge on any atom is 0.349 e. The Morgan fingerprint density at radius 2 is 2.13 bits per heavy atom. The predicted octanol–water partition coefficient (Wildman–Crippen LogP) is 5.18. The zero-order valence-electron chi connectivity index (χ0n) is 17.5. The minimum Gasteiger partial charge on any atom is -0.455 e. The molecule has 0 spiro atoms. The number of nitrogens with zero attached hydrogens (tertiary/aromatic N) is 3. The number of aromatic nitrogens is 2. The van der Waals surface area contributed by atoms with Gasteiger partial charge in [0.25, 0.3) is 0 Å².